The minimum atomic E-state index is 0.746. The van der Waals surface area contributed by atoms with Crippen molar-refractivity contribution in [3.63, 3.8) is 0 Å². The molecule has 1 aromatic heterocycles. The molecule has 0 N–H and O–H groups in total. The Bertz CT molecular complexity index is 670. The van der Waals surface area contributed by atoms with E-state index in [1.807, 2.05) is 0 Å². The zero-order valence-corrected chi connectivity index (χ0v) is 17.6. The van der Waals surface area contributed by atoms with Gasteiger partial charge in [-0.1, -0.05) is 76.8 Å². The molecule has 3 atom stereocenters. The van der Waals surface area contributed by atoms with Crippen LogP contribution >= 0.6 is 0 Å². The quantitative estimate of drug-likeness (QED) is 0.436. The van der Waals surface area contributed by atoms with Crippen LogP contribution < -0.4 is 0 Å². The molecule has 1 heteroatoms. The van der Waals surface area contributed by atoms with Gasteiger partial charge in [0.05, 0.1) is 5.69 Å². The van der Waals surface area contributed by atoms with Gasteiger partial charge in [-0.25, -0.2) is 0 Å². The maximum Gasteiger partial charge on any atom is 0.0702 e. The Balaban J connectivity index is 1.60. The second kappa shape index (κ2) is 10.1. The number of aryl methyl sites for hydroxylation is 1. The fourth-order valence-electron chi connectivity index (χ4n) is 4.81. The Kier molecular flexibility index (Phi) is 7.50. The van der Waals surface area contributed by atoms with Crippen LogP contribution in [0.3, 0.4) is 0 Å². The first-order chi connectivity index (χ1) is 13.2. The third-order valence-corrected chi connectivity index (χ3v) is 6.58. The molecule has 1 fully saturated rings. The van der Waals surface area contributed by atoms with Crippen molar-refractivity contribution >= 4 is 0 Å². The van der Waals surface area contributed by atoms with E-state index in [2.05, 4.69) is 63.4 Å². The summed E-state index contributed by atoms with van der Waals surface area (Å²) in [6.07, 6.45) is 13.9. The Labute approximate surface area is 166 Å². The van der Waals surface area contributed by atoms with Crippen LogP contribution in [0, 0.1) is 11.8 Å². The summed E-state index contributed by atoms with van der Waals surface area (Å²) in [6, 6.07) is 13.7. The van der Waals surface area contributed by atoms with Crippen LogP contribution in [-0.4, -0.2) is 4.98 Å². The molecule has 0 spiro atoms. The van der Waals surface area contributed by atoms with E-state index < -0.39 is 0 Å². The van der Waals surface area contributed by atoms with Crippen molar-refractivity contribution in [1.82, 2.24) is 4.98 Å². The third kappa shape index (κ3) is 5.43. The van der Waals surface area contributed by atoms with Crippen LogP contribution in [-0.2, 0) is 6.42 Å². The predicted molar refractivity (Wildman–Crippen MR) is 117 cm³/mol. The molecular formula is C26H37N. The molecule has 146 valence electrons. The van der Waals surface area contributed by atoms with Crippen molar-refractivity contribution in [2.24, 2.45) is 11.8 Å². The summed E-state index contributed by atoms with van der Waals surface area (Å²) in [5.74, 6) is 2.56. The van der Waals surface area contributed by atoms with Gasteiger partial charge in [0, 0.05) is 11.8 Å². The molecule has 0 radical (unpaired) electrons. The SMILES string of the molecule is CCCCCc1ccc(-c2ccc(C3CCC(CCC)C(C)C3)cc2)nc1. The summed E-state index contributed by atoms with van der Waals surface area (Å²) >= 11 is 0. The van der Waals surface area contributed by atoms with Gasteiger partial charge in [0.25, 0.3) is 0 Å². The standard InChI is InChI=1S/C26H37N/c1-4-6-7-9-21-10-17-26(27-19-21)24-14-12-23(13-15-24)25-16-11-22(8-5-2)20(3)18-25/h10,12-15,17,19-20,22,25H,4-9,11,16,18H2,1-3H3. The molecule has 2 aromatic rings. The number of nitrogens with zero attached hydrogens (tertiary/aromatic N) is 1. The van der Waals surface area contributed by atoms with Crippen molar-refractivity contribution in [2.45, 2.75) is 84.5 Å². The molecule has 1 saturated carbocycles. The fourth-order valence-corrected chi connectivity index (χ4v) is 4.81. The summed E-state index contributed by atoms with van der Waals surface area (Å²) in [5, 5.41) is 0. The van der Waals surface area contributed by atoms with Crippen molar-refractivity contribution in [1.29, 1.82) is 0 Å². The van der Waals surface area contributed by atoms with E-state index in [4.69, 9.17) is 4.98 Å². The molecule has 1 aliphatic rings. The van der Waals surface area contributed by atoms with E-state index in [1.54, 1.807) is 0 Å². The Morgan fingerprint density at radius 1 is 0.926 bits per heavy atom. The lowest BCUT2D eigenvalue weighted by atomic mass is 9.71. The number of unbranched alkanes of at least 4 members (excludes halogenated alkanes) is 2. The van der Waals surface area contributed by atoms with E-state index in [0.717, 1.165) is 29.9 Å². The number of aromatic nitrogens is 1. The first kappa shape index (κ1) is 20.1. The second-order valence-electron chi connectivity index (χ2n) is 8.67. The van der Waals surface area contributed by atoms with Crippen LogP contribution in [0.25, 0.3) is 11.3 Å². The lowest BCUT2D eigenvalue weighted by Crippen LogP contribution is -2.21. The molecule has 1 nitrogen and oxygen atoms in total. The molecule has 0 aliphatic heterocycles. The summed E-state index contributed by atoms with van der Waals surface area (Å²) in [7, 11) is 0. The molecule has 0 saturated heterocycles. The second-order valence-corrected chi connectivity index (χ2v) is 8.67. The lowest BCUT2D eigenvalue weighted by molar-refractivity contribution is 0.218. The molecule has 1 aliphatic carbocycles. The van der Waals surface area contributed by atoms with Crippen molar-refractivity contribution in [3.05, 3.63) is 53.7 Å². The molecular weight excluding hydrogens is 326 g/mol. The van der Waals surface area contributed by atoms with Gasteiger partial charge in [0.1, 0.15) is 0 Å². The van der Waals surface area contributed by atoms with Crippen LogP contribution in [0.4, 0.5) is 0 Å². The highest BCUT2D eigenvalue weighted by molar-refractivity contribution is 5.59. The van der Waals surface area contributed by atoms with Gasteiger partial charge in [-0.2, -0.15) is 0 Å². The number of rotatable bonds is 8. The Morgan fingerprint density at radius 2 is 1.74 bits per heavy atom. The lowest BCUT2D eigenvalue weighted by Gasteiger charge is -2.34. The highest BCUT2D eigenvalue weighted by Gasteiger charge is 2.27. The third-order valence-electron chi connectivity index (χ3n) is 6.58. The summed E-state index contributed by atoms with van der Waals surface area (Å²) in [6.45, 7) is 7.04. The van der Waals surface area contributed by atoms with Gasteiger partial charge in [0.15, 0.2) is 0 Å². The number of hydrogen-bond donors (Lipinski definition) is 0. The average Bonchev–Trinajstić information content (AvgIpc) is 2.71. The molecule has 0 bridgehead atoms. The molecule has 1 aromatic carbocycles. The van der Waals surface area contributed by atoms with Gasteiger partial charge < -0.3 is 0 Å². The number of benzene rings is 1. The maximum atomic E-state index is 4.71. The van der Waals surface area contributed by atoms with Crippen molar-refractivity contribution < 1.29 is 0 Å². The molecule has 3 unspecified atom stereocenters. The van der Waals surface area contributed by atoms with Crippen LogP contribution in [0.2, 0.25) is 0 Å². The van der Waals surface area contributed by atoms with E-state index in [0.29, 0.717) is 0 Å². The molecule has 27 heavy (non-hydrogen) atoms. The summed E-state index contributed by atoms with van der Waals surface area (Å²) in [4.78, 5) is 4.71. The zero-order valence-electron chi connectivity index (χ0n) is 17.6. The minimum absolute atomic E-state index is 0.746. The first-order valence-corrected chi connectivity index (χ1v) is 11.3. The van der Waals surface area contributed by atoms with E-state index >= 15 is 0 Å². The van der Waals surface area contributed by atoms with Crippen molar-refractivity contribution in [2.75, 3.05) is 0 Å². The highest BCUT2D eigenvalue weighted by atomic mass is 14.7. The van der Waals surface area contributed by atoms with Gasteiger partial charge in [-0.3, -0.25) is 4.98 Å². The minimum Gasteiger partial charge on any atom is -0.256 e. The normalized spacial score (nSPS) is 22.7. The van der Waals surface area contributed by atoms with Gasteiger partial charge in [0.2, 0.25) is 0 Å². The number of pyridine rings is 1. The highest BCUT2D eigenvalue weighted by Crippen LogP contribution is 2.41. The van der Waals surface area contributed by atoms with E-state index in [-0.39, 0.29) is 0 Å². The van der Waals surface area contributed by atoms with Gasteiger partial charge >= 0.3 is 0 Å². The van der Waals surface area contributed by atoms with Gasteiger partial charge in [-0.15, -0.1) is 0 Å². The largest absolute Gasteiger partial charge is 0.256 e. The van der Waals surface area contributed by atoms with Crippen LogP contribution in [0.5, 0.6) is 0 Å². The Hall–Kier alpha value is -1.63. The van der Waals surface area contributed by atoms with Crippen LogP contribution in [0.15, 0.2) is 42.6 Å². The predicted octanol–water partition coefficient (Wildman–Crippen LogP) is 7.80. The summed E-state index contributed by atoms with van der Waals surface area (Å²) in [5.41, 5.74) is 5.23. The zero-order chi connectivity index (χ0) is 19.1. The number of hydrogen-bond acceptors (Lipinski definition) is 1. The monoisotopic (exact) mass is 363 g/mol. The molecule has 1 heterocycles. The molecule has 0 amide bonds. The average molecular weight is 364 g/mol. The van der Waals surface area contributed by atoms with E-state index in [9.17, 15) is 0 Å². The Morgan fingerprint density at radius 3 is 2.37 bits per heavy atom. The molecule has 3 rings (SSSR count). The van der Waals surface area contributed by atoms with E-state index in [1.165, 1.54) is 68.1 Å². The smallest absolute Gasteiger partial charge is 0.0702 e. The summed E-state index contributed by atoms with van der Waals surface area (Å²) < 4.78 is 0. The van der Waals surface area contributed by atoms with Crippen LogP contribution in [0.1, 0.15) is 89.2 Å². The van der Waals surface area contributed by atoms with Crippen molar-refractivity contribution in [3.8, 4) is 11.3 Å². The topological polar surface area (TPSA) is 12.9 Å². The first-order valence-electron chi connectivity index (χ1n) is 11.3. The van der Waals surface area contributed by atoms with Gasteiger partial charge in [-0.05, 0) is 67.1 Å². The fraction of sp³-hybridized carbons (Fsp3) is 0.577. The maximum absolute atomic E-state index is 4.71.